The molecular weight excluding hydrogens is 250 g/mol. The highest BCUT2D eigenvalue weighted by Gasteiger charge is 2.11. The third-order valence-electron chi connectivity index (χ3n) is 3.64. The Balaban J connectivity index is 2.03. The van der Waals surface area contributed by atoms with E-state index in [0.29, 0.717) is 18.4 Å². The number of carbonyl (C=O) groups is 1. The van der Waals surface area contributed by atoms with Crippen molar-refractivity contribution in [2.75, 3.05) is 11.9 Å². The fourth-order valence-corrected chi connectivity index (χ4v) is 1.88. The van der Waals surface area contributed by atoms with Gasteiger partial charge in [0.15, 0.2) is 0 Å². The second-order valence-electron chi connectivity index (χ2n) is 5.47. The molecule has 106 valence electrons. The minimum Gasteiger partial charge on any atom is -0.449 e. The Kier molecular flexibility index (Phi) is 4.61. The SMILES string of the molecule is CC(C)[C@H](C)COC(=O)Nc1cccc2ccccc12. The highest BCUT2D eigenvalue weighted by molar-refractivity contribution is 6.00. The second kappa shape index (κ2) is 6.42. The van der Waals surface area contributed by atoms with Crippen molar-refractivity contribution in [2.45, 2.75) is 20.8 Å². The second-order valence-corrected chi connectivity index (χ2v) is 5.47. The Morgan fingerprint density at radius 3 is 2.55 bits per heavy atom. The lowest BCUT2D eigenvalue weighted by Crippen LogP contribution is -2.20. The molecule has 1 amide bonds. The van der Waals surface area contributed by atoms with Crippen LogP contribution in [0.15, 0.2) is 42.5 Å². The van der Waals surface area contributed by atoms with E-state index in [0.717, 1.165) is 16.5 Å². The molecule has 0 bridgehead atoms. The first-order chi connectivity index (χ1) is 9.58. The predicted molar refractivity (Wildman–Crippen MR) is 82.9 cm³/mol. The van der Waals surface area contributed by atoms with Gasteiger partial charge in [-0.3, -0.25) is 5.32 Å². The molecule has 0 aliphatic carbocycles. The van der Waals surface area contributed by atoms with E-state index in [1.807, 2.05) is 42.5 Å². The van der Waals surface area contributed by atoms with E-state index in [9.17, 15) is 4.79 Å². The van der Waals surface area contributed by atoms with Gasteiger partial charge in [0.2, 0.25) is 0 Å². The Hall–Kier alpha value is -2.03. The molecule has 0 unspecified atom stereocenters. The van der Waals surface area contributed by atoms with Gasteiger partial charge in [0.25, 0.3) is 0 Å². The van der Waals surface area contributed by atoms with Gasteiger partial charge in [0.1, 0.15) is 0 Å². The number of carbonyl (C=O) groups excluding carboxylic acids is 1. The van der Waals surface area contributed by atoms with Crippen molar-refractivity contribution in [3.8, 4) is 0 Å². The fraction of sp³-hybridized carbons (Fsp3) is 0.353. The van der Waals surface area contributed by atoms with Gasteiger partial charge >= 0.3 is 6.09 Å². The quantitative estimate of drug-likeness (QED) is 0.876. The Morgan fingerprint density at radius 1 is 1.10 bits per heavy atom. The third kappa shape index (κ3) is 3.50. The molecule has 3 nitrogen and oxygen atoms in total. The molecule has 0 saturated heterocycles. The van der Waals surface area contributed by atoms with Crippen LogP contribution in [0, 0.1) is 11.8 Å². The molecule has 3 heteroatoms. The van der Waals surface area contributed by atoms with Gasteiger partial charge in [0.05, 0.1) is 12.3 Å². The molecule has 20 heavy (non-hydrogen) atoms. The largest absolute Gasteiger partial charge is 0.449 e. The van der Waals surface area contributed by atoms with E-state index in [2.05, 4.69) is 26.1 Å². The number of nitrogens with one attached hydrogen (secondary N) is 1. The number of rotatable bonds is 4. The Morgan fingerprint density at radius 2 is 1.80 bits per heavy atom. The first kappa shape index (κ1) is 14.4. The predicted octanol–water partition coefficient (Wildman–Crippen LogP) is 4.68. The standard InChI is InChI=1S/C17H21NO2/c1-12(2)13(3)11-20-17(19)18-16-10-6-8-14-7-4-5-9-15(14)16/h4-10,12-13H,11H2,1-3H3,(H,18,19)/t13-/m1/s1. The number of benzene rings is 2. The number of hydrogen-bond donors (Lipinski definition) is 1. The maximum atomic E-state index is 11.8. The summed E-state index contributed by atoms with van der Waals surface area (Å²) in [4.78, 5) is 11.8. The molecule has 0 saturated carbocycles. The van der Waals surface area contributed by atoms with Crippen LogP contribution in [0.3, 0.4) is 0 Å². The zero-order chi connectivity index (χ0) is 14.5. The number of anilines is 1. The fourth-order valence-electron chi connectivity index (χ4n) is 1.88. The van der Waals surface area contributed by atoms with Crippen molar-refractivity contribution >= 4 is 22.6 Å². The van der Waals surface area contributed by atoms with Gasteiger partial charge in [0, 0.05) is 5.39 Å². The van der Waals surface area contributed by atoms with E-state index in [4.69, 9.17) is 4.74 Å². The topological polar surface area (TPSA) is 38.3 Å². The van der Waals surface area contributed by atoms with Crippen molar-refractivity contribution < 1.29 is 9.53 Å². The molecule has 0 spiro atoms. The summed E-state index contributed by atoms with van der Waals surface area (Å²) in [5.74, 6) is 0.855. The molecule has 0 aromatic heterocycles. The number of ether oxygens (including phenoxy) is 1. The zero-order valence-electron chi connectivity index (χ0n) is 12.2. The summed E-state index contributed by atoms with van der Waals surface area (Å²) in [5, 5.41) is 4.93. The Labute approximate surface area is 119 Å². The average Bonchev–Trinajstić information content (AvgIpc) is 2.45. The highest BCUT2D eigenvalue weighted by atomic mass is 16.5. The number of fused-ring (bicyclic) bond motifs is 1. The van der Waals surface area contributed by atoms with Gasteiger partial charge in [-0.1, -0.05) is 57.2 Å². The highest BCUT2D eigenvalue weighted by Crippen LogP contribution is 2.23. The maximum Gasteiger partial charge on any atom is 0.411 e. The summed E-state index contributed by atoms with van der Waals surface area (Å²) in [6, 6.07) is 13.8. The van der Waals surface area contributed by atoms with E-state index in [-0.39, 0.29) is 0 Å². The summed E-state index contributed by atoms with van der Waals surface area (Å²) >= 11 is 0. The van der Waals surface area contributed by atoms with E-state index in [1.54, 1.807) is 0 Å². The molecule has 1 atom stereocenters. The summed E-state index contributed by atoms with van der Waals surface area (Å²) in [7, 11) is 0. The van der Waals surface area contributed by atoms with Gasteiger partial charge < -0.3 is 4.74 Å². The summed E-state index contributed by atoms with van der Waals surface area (Å²) in [6.07, 6.45) is -0.395. The van der Waals surface area contributed by atoms with E-state index >= 15 is 0 Å². The van der Waals surface area contributed by atoms with Gasteiger partial charge in [-0.25, -0.2) is 4.79 Å². The summed E-state index contributed by atoms with van der Waals surface area (Å²) < 4.78 is 5.27. The molecule has 1 N–H and O–H groups in total. The maximum absolute atomic E-state index is 11.8. The molecule has 0 fully saturated rings. The van der Waals surface area contributed by atoms with Crippen LogP contribution in [-0.4, -0.2) is 12.7 Å². The molecule has 0 heterocycles. The lowest BCUT2D eigenvalue weighted by Gasteiger charge is -2.16. The summed E-state index contributed by atoms with van der Waals surface area (Å²) in [5.41, 5.74) is 0.783. The molecule has 2 aromatic rings. The van der Waals surface area contributed by atoms with E-state index in [1.165, 1.54) is 0 Å². The molecule has 0 aliphatic rings. The van der Waals surface area contributed by atoms with Crippen LogP contribution in [0.1, 0.15) is 20.8 Å². The molecule has 0 radical (unpaired) electrons. The molecular formula is C17H21NO2. The minimum absolute atomic E-state index is 0.355. The van der Waals surface area contributed by atoms with Crippen LogP contribution in [0.5, 0.6) is 0 Å². The van der Waals surface area contributed by atoms with Crippen LogP contribution in [-0.2, 0) is 4.74 Å². The van der Waals surface area contributed by atoms with Crippen molar-refractivity contribution in [1.29, 1.82) is 0 Å². The van der Waals surface area contributed by atoms with Crippen LogP contribution in [0.4, 0.5) is 10.5 Å². The monoisotopic (exact) mass is 271 g/mol. The van der Waals surface area contributed by atoms with Crippen molar-refractivity contribution in [2.24, 2.45) is 11.8 Å². The van der Waals surface area contributed by atoms with Crippen LogP contribution in [0.25, 0.3) is 10.8 Å². The number of hydrogen-bond acceptors (Lipinski definition) is 2. The van der Waals surface area contributed by atoms with Crippen molar-refractivity contribution in [3.05, 3.63) is 42.5 Å². The van der Waals surface area contributed by atoms with E-state index < -0.39 is 6.09 Å². The van der Waals surface area contributed by atoms with Crippen LogP contribution in [0.2, 0.25) is 0 Å². The van der Waals surface area contributed by atoms with Crippen LogP contribution >= 0.6 is 0 Å². The lowest BCUT2D eigenvalue weighted by molar-refractivity contribution is 0.133. The van der Waals surface area contributed by atoms with Gasteiger partial charge in [-0.05, 0) is 23.3 Å². The van der Waals surface area contributed by atoms with Crippen molar-refractivity contribution in [3.63, 3.8) is 0 Å². The van der Waals surface area contributed by atoms with Crippen molar-refractivity contribution in [1.82, 2.24) is 0 Å². The smallest absolute Gasteiger partial charge is 0.411 e. The lowest BCUT2D eigenvalue weighted by atomic mass is 9.99. The number of amides is 1. The Bertz CT molecular complexity index is 587. The van der Waals surface area contributed by atoms with Gasteiger partial charge in [-0.2, -0.15) is 0 Å². The normalized spacial score (nSPS) is 12.4. The average molecular weight is 271 g/mol. The molecule has 2 rings (SSSR count). The molecule has 0 aliphatic heterocycles. The first-order valence-electron chi connectivity index (χ1n) is 6.99. The minimum atomic E-state index is -0.395. The summed E-state index contributed by atoms with van der Waals surface area (Å²) in [6.45, 7) is 6.76. The zero-order valence-corrected chi connectivity index (χ0v) is 12.2. The molecule has 2 aromatic carbocycles. The van der Waals surface area contributed by atoms with Gasteiger partial charge in [-0.15, -0.1) is 0 Å². The van der Waals surface area contributed by atoms with Crippen LogP contribution < -0.4 is 5.32 Å². The first-order valence-corrected chi connectivity index (χ1v) is 6.99. The third-order valence-corrected chi connectivity index (χ3v) is 3.64.